The summed E-state index contributed by atoms with van der Waals surface area (Å²) in [6.45, 7) is 0.267. The molecule has 0 aliphatic carbocycles. The van der Waals surface area contributed by atoms with Gasteiger partial charge in [0.25, 0.3) is 0 Å². The number of thiophene rings is 1. The molecular weight excluding hydrogens is 361 g/mol. The van der Waals surface area contributed by atoms with Gasteiger partial charge >= 0.3 is 0 Å². The quantitative estimate of drug-likeness (QED) is 0.741. The number of benzene rings is 1. The van der Waals surface area contributed by atoms with Gasteiger partial charge in [-0.1, -0.05) is 17.7 Å². The minimum Gasteiger partial charge on any atom is -0.396 e. The van der Waals surface area contributed by atoms with Crippen LogP contribution in [0, 0.1) is 5.82 Å². The van der Waals surface area contributed by atoms with Crippen LogP contribution in [0.15, 0.2) is 40.6 Å². The zero-order valence-corrected chi connectivity index (χ0v) is 14.6. The molecule has 2 aromatic rings. The molecule has 0 saturated carbocycles. The summed E-state index contributed by atoms with van der Waals surface area (Å²) >= 11 is 7.20. The summed E-state index contributed by atoms with van der Waals surface area (Å²) in [5.74, 6) is -0.564. The Balaban J connectivity index is 1.99. The Morgan fingerprint density at radius 1 is 1.30 bits per heavy atom. The molecule has 1 atom stereocenters. The van der Waals surface area contributed by atoms with Gasteiger partial charge in [0.05, 0.1) is 9.92 Å². The second-order valence-electron chi connectivity index (χ2n) is 4.99. The van der Waals surface area contributed by atoms with E-state index in [4.69, 9.17) is 16.7 Å². The molecule has 0 aliphatic rings. The highest BCUT2D eigenvalue weighted by molar-refractivity contribution is 7.89. The van der Waals surface area contributed by atoms with Gasteiger partial charge in [-0.2, -0.15) is 0 Å². The van der Waals surface area contributed by atoms with Crippen molar-refractivity contribution in [1.29, 1.82) is 0 Å². The molecule has 126 valence electrons. The lowest BCUT2D eigenvalue weighted by molar-refractivity contribution is 0.273. The molecule has 1 aromatic heterocycles. The summed E-state index contributed by atoms with van der Waals surface area (Å²) in [7, 11) is -3.74. The SMILES string of the molecule is O=S(=O)(NCC[C@H](CCO)c1cccs1)c1ccc(F)c(Cl)c1. The average molecular weight is 378 g/mol. The fourth-order valence-electron chi connectivity index (χ4n) is 2.20. The fraction of sp³-hybridized carbons (Fsp3) is 0.333. The molecule has 1 aromatic carbocycles. The number of nitrogens with one attached hydrogen (secondary N) is 1. The molecule has 0 radical (unpaired) electrons. The van der Waals surface area contributed by atoms with Crippen LogP contribution in [0.2, 0.25) is 5.02 Å². The zero-order chi connectivity index (χ0) is 16.9. The highest BCUT2D eigenvalue weighted by Gasteiger charge is 2.17. The largest absolute Gasteiger partial charge is 0.396 e. The van der Waals surface area contributed by atoms with Gasteiger partial charge in [-0.05, 0) is 48.4 Å². The van der Waals surface area contributed by atoms with Crippen LogP contribution in [0.25, 0.3) is 0 Å². The molecule has 4 nitrogen and oxygen atoms in total. The van der Waals surface area contributed by atoms with Crippen LogP contribution in [0.3, 0.4) is 0 Å². The van der Waals surface area contributed by atoms with Crippen molar-refractivity contribution in [2.75, 3.05) is 13.2 Å². The monoisotopic (exact) mass is 377 g/mol. The van der Waals surface area contributed by atoms with E-state index in [0.717, 1.165) is 17.0 Å². The Bertz CT molecular complexity index is 735. The first kappa shape index (κ1) is 18.4. The number of aliphatic hydroxyl groups excluding tert-OH is 1. The van der Waals surface area contributed by atoms with E-state index in [1.807, 2.05) is 17.5 Å². The van der Waals surface area contributed by atoms with Gasteiger partial charge in [-0.15, -0.1) is 11.3 Å². The number of aliphatic hydroxyl groups is 1. The zero-order valence-electron chi connectivity index (χ0n) is 12.2. The minimum absolute atomic E-state index is 0.0445. The number of halogens is 2. The van der Waals surface area contributed by atoms with Gasteiger partial charge in [-0.3, -0.25) is 0 Å². The maximum absolute atomic E-state index is 13.1. The molecule has 0 bridgehead atoms. The Labute approximate surface area is 144 Å². The van der Waals surface area contributed by atoms with Crippen molar-refractivity contribution in [2.45, 2.75) is 23.7 Å². The number of rotatable bonds is 8. The number of hydrogen-bond acceptors (Lipinski definition) is 4. The van der Waals surface area contributed by atoms with Gasteiger partial charge in [0.15, 0.2) is 0 Å². The first-order valence-corrected chi connectivity index (χ1v) is 9.77. The van der Waals surface area contributed by atoms with Crippen LogP contribution in [0.5, 0.6) is 0 Å². The van der Waals surface area contributed by atoms with Gasteiger partial charge in [0, 0.05) is 18.0 Å². The maximum atomic E-state index is 13.1. The van der Waals surface area contributed by atoms with E-state index >= 15 is 0 Å². The third-order valence-corrected chi connectivity index (χ3v) is 6.19. The third-order valence-electron chi connectivity index (χ3n) is 3.41. The van der Waals surface area contributed by atoms with Crippen molar-refractivity contribution >= 4 is 33.0 Å². The van der Waals surface area contributed by atoms with E-state index in [9.17, 15) is 12.8 Å². The van der Waals surface area contributed by atoms with Crippen LogP contribution >= 0.6 is 22.9 Å². The van der Waals surface area contributed by atoms with Gasteiger partial charge in [0.1, 0.15) is 5.82 Å². The highest BCUT2D eigenvalue weighted by Crippen LogP contribution is 2.27. The number of hydrogen-bond donors (Lipinski definition) is 2. The molecule has 0 fully saturated rings. The Hall–Kier alpha value is -0.990. The highest BCUT2D eigenvalue weighted by atomic mass is 35.5. The van der Waals surface area contributed by atoms with Crippen LogP contribution in [-0.2, 0) is 10.0 Å². The Kier molecular flexibility index (Phi) is 6.55. The van der Waals surface area contributed by atoms with E-state index in [0.29, 0.717) is 12.8 Å². The van der Waals surface area contributed by atoms with Gasteiger partial charge in [-0.25, -0.2) is 17.5 Å². The van der Waals surface area contributed by atoms with Crippen LogP contribution in [0.4, 0.5) is 4.39 Å². The van der Waals surface area contributed by atoms with Crippen LogP contribution < -0.4 is 4.72 Å². The summed E-state index contributed by atoms with van der Waals surface area (Å²) in [5.41, 5.74) is 0. The Morgan fingerprint density at radius 2 is 2.09 bits per heavy atom. The maximum Gasteiger partial charge on any atom is 0.240 e. The molecule has 0 amide bonds. The summed E-state index contributed by atoms with van der Waals surface area (Å²) < 4.78 is 40.0. The molecular formula is C15H17ClFNO3S2. The van der Waals surface area contributed by atoms with E-state index in [2.05, 4.69) is 4.72 Å². The normalized spacial score (nSPS) is 13.2. The van der Waals surface area contributed by atoms with Crippen LogP contribution in [-0.4, -0.2) is 26.7 Å². The standard InChI is InChI=1S/C15H17ClFNO3S2/c16-13-10-12(3-4-14(13)17)23(20,21)18-7-5-11(6-8-19)15-2-1-9-22-15/h1-4,9-11,18-19H,5-8H2/t11-/m1/s1. The lowest BCUT2D eigenvalue weighted by Crippen LogP contribution is -2.26. The topological polar surface area (TPSA) is 66.4 Å². The lowest BCUT2D eigenvalue weighted by Gasteiger charge is -2.15. The molecule has 8 heteroatoms. The Morgan fingerprint density at radius 3 is 2.70 bits per heavy atom. The molecule has 0 saturated heterocycles. The summed E-state index contributed by atoms with van der Waals surface area (Å²) in [6.07, 6.45) is 1.14. The van der Waals surface area contributed by atoms with Crippen molar-refractivity contribution in [1.82, 2.24) is 4.72 Å². The molecule has 1 heterocycles. The van der Waals surface area contributed by atoms with Crippen LogP contribution in [0.1, 0.15) is 23.6 Å². The fourth-order valence-corrected chi connectivity index (χ4v) is 4.42. The first-order valence-electron chi connectivity index (χ1n) is 7.03. The van der Waals surface area contributed by atoms with E-state index in [-0.39, 0.29) is 29.0 Å². The number of sulfonamides is 1. The predicted molar refractivity (Wildman–Crippen MR) is 90.0 cm³/mol. The van der Waals surface area contributed by atoms with Crippen molar-refractivity contribution in [3.05, 3.63) is 51.4 Å². The van der Waals surface area contributed by atoms with Crippen molar-refractivity contribution < 1.29 is 17.9 Å². The molecule has 2 N–H and O–H groups in total. The minimum atomic E-state index is -3.74. The summed E-state index contributed by atoms with van der Waals surface area (Å²) in [4.78, 5) is 1.04. The van der Waals surface area contributed by atoms with Gasteiger partial charge < -0.3 is 5.11 Å². The smallest absolute Gasteiger partial charge is 0.240 e. The van der Waals surface area contributed by atoms with Gasteiger partial charge in [0.2, 0.25) is 10.0 Å². The van der Waals surface area contributed by atoms with Crippen molar-refractivity contribution in [3.63, 3.8) is 0 Å². The van der Waals surface area contributed by atoms with Crippen molar-refractivity contribution in [3.8, 4) is 0 Å². The summed E-state index contributed by atoms with van der Waals surface area (Å²) in [5, 5.41) is 10.9. The molecule has 2 rings (SSSR count). The molecule has 0 aliphatic heterocycles. The predicted octanol–water partition coefficient (Wildman–Crippen LogP) is 3.38. The molecule has 0 spiro atoms. The summed E-state index contributed by atoms with van der Waals surface area (Å²) in [6, 6.07) is 7.18. The van der Waals surface area contributed by atoms with E-state index in [1.165, 1.54) is 6.07 Å². The van der Waals surface area contributed by atoms with E-state index < -0.39 is 15.8 Å². The first-order chi connectivity index (χ1) is 10.9. The average Bonchev–Trinajstić information content (AvgIpc) is 3.03. The van der Waals surface area contributed by atoms with E-state index in [1.54, 1.807) is 11.3 Å². The molecule has 23 heavy (non-hydrogen) atoms. The molecule has 0 unspecified atom stereocenters. The second-order valence-corrected chi connectivity index (χ2v) is 8.14. The third kappa shape index (κ3) is 4.99. The second kappa shape index (κ2) is 8.21. The van der Waals surface area contributed by atoms with Crippen molar-refractivity contribution in [2.24, 2.45) is 0 Å². The lowest BCUT2D eigenvalue weighted by atomic mass is 10.0.